The number of amides is 1. The monoisotopic (exact) mass is 261 g/mol. The molecule has 0 bridgehead atoms. The highest BCUT2D eigenvalue weighted by Gasteiger charge is 2.33. The number of carbonyl (C=O) groups is 1. The van der Waals surface area contributed by atoms with Crippen molar-refractivity contribution >= 4 is 11.7 Å². The van der Waals surface area contributed by atoms with E-state index < -0.39 is 0 Å². The summed E-state index contributed by atoms with van der Waals surface area (Å²) in [4.78, 5) is 16.8. The molecule has 0 aromatic carbocycles. The van der Waals surface area contributed by atoms with Crippen molar-refractivity contribution < 1.29 is 4.79 Å². The molecular weight excluding hydrogens is 238 g/mol. The second-order valence-electron chi connectivity index (χ2n) is 5.48. The molecule has 1 aromatic heterocycles. The van der Waals surface area contributed by atoms with Gasteiger partial charge in [-0.15, -0.1) is 0 Å². The molecule has 4 nitrogen and oxygen atoms in total. The zero-order valence-corrected chi connectivity index (χ0v) is 12.0. The molecule has 0 saturated heterocycles. The highest BCUT2D eigenvalue weighted by Crippen LogP contribution is 2.31. The van der Waals surface area contributed by atoms with Gasteiger partial charge < -0.3 is 10.6 Å². The lowest BCUT2D eigenvalue weighted by Crippen LogP contribution is -2.50. The lowest BCUT2D eigenvalue weighted by molar-refractivity contribution is 0.0850. The van der Waals surface area contributed by atoms with Crippen molar-refractivity contribution in [1.29, 1.82) is 0 Å². The van der Waals surface area contributed by atoms with Gasteiger partial charge in [-0.3, -0.25) is 4.79 Å². The molecule has 1 aromatic rings. The molecule has 1 fully saturated rings. The van der Waals surface area contributed by atoms with Gasteiger partial charge in [0.1, 0.15) is 5.82 Å². The summed E-state index contributed by atoms with van der Waals surface area (Å²) in [6.45, 7) is 6.99. The Morgan fingerprint density at radius 3 is 2.63 bits per heavy atom. The summed E-state index contributed by atoms with van der Waals surface area (Å²) in [5, 5.41) is 6.31. The first-order valence-corrected chi connectivity index (χ1v) is 7.13. The van der Waals surface area contributed by atoms with E-state index in [2.05, 4.69) is 22.5 Å². The Kier molecular flexibility index (Phi) is 4.08. The SMILES string of the molecule is CCNc1cc(C(=O)NC2(C)CCC2)cc(CC)n1. The molecule has 1 saturated carbocycles. The van der Waals surface area contributed by atoms with Crippen LogP contribution in [-0.4, -0.2) is 23.0 Å². The van der Waals surface area contributed by atoms with Crippen LogP contribution in [0.1, 0.15) is 56.1 Å². The molecule has 2 N–H and O–H groups in total. The molecule has 1 aliphatic carbocycles. The van der Waals surface area contributed by atoms with E-state index in [1.54, 1.807) is 0 Å². The van der Waals surface area contributed by atoms with Crippen molar-refractivity contribution in [1.82, 2.24) is 10.3 Å². The fraction of sp³-hybridized carbons (Fsp3) is 0.600. The second kappa shape index (κ2) is 5.59. The predicted octanol–water partition coefficient (Wildman–Crippen LogP) is 2.75. The first-order valence-electron chi connectivity index (χ1n) is 7.13. The van der Waals surface area contributed by atoms with E-state index in [-0.39, 0.29) is 11.4 Å². The maximum absolute atomic E-state index is 12.3. The van der Waals surface area contributed by atoms with Crippen LogP contribution in [0.25, 0.3) is 0 Å². The molecule has 0 atom stereocenters. The number of hydrogen-bond acceptors (Lipinski definition) is 3. The fourth-order valence-electron chi connectivity index (χ4n) is 2.35. The van der Waals surface area contributed by atoms with Crippen molar-refractivity contribution in [2.45, 2.75) is 52.0 Å². The number of aromatic nitrogens is 1. The minimum Gasteiger partial charge on any atom is -0.370 e. The third-order valence-corrected chi connectivity index (χ3v) is 3.73. The molecule has 1 aliphatic rings. The highest BCUT2D eigenvalue weighted by molar-refractivity contribution is 5.95. The summed E-state index contributed by atoms with van der Waals surface area (Å²) in [5.41, 5.74) is 1.64. The molecule has 0 aliphatic heterocycles. The summed E-state index contributed by atoms with van der Waals surface area (Å²) in [6, 6.07) is 3.72. The number of anilines is 1. The molecule has 0 radical (unpaired) electrons. The second-order valence-corrected chi connectivity index (χ2v) is 5.48. The average molecular weight is 261 g/mol. The zero-order valence-electron chi connectivity index (χ0n) is 12.0. The Bertz CT molecular complexity index is 466. The Labute approximate surface area is 115 Å². The van der Waals surface area contributed by atoms with E-state index in [9.17, 15) is 4.79 Å². The summed E-state index contributed by atoms with van der Waals surface area (Å²) in [7, 11) is 0. The van der Waals surface area contributed by atoms with Crippen LogP contribution in [0.15, 0.2) is 12.1 Å². The van der Waals surface area contributed by atoms with E-state index >= 15 is 0 Å². The largest absolute Gasteiger partial charge is 0.370 e. The van der Waals surface area contributed by atoms with Crippen LogP contribution in [0.2, 0.25) is 0 Å². The van der Waals surface area contributed by atoms with Crippen molar-refractivity contribution in [3.63, 3.8) is 0 Å². The molecule has 1 amide bonds. The minimum absolute atomic E-state index is 0.00885. The predicted molar refractivity (Wildman–Crippen MR) is 77.5 cm³/mol. The molecular formula is C15H23N3O. The highest BCUT2D eigenvalue weighted by atomic mass is 16.1. The Hall–Kier alpha value is -1.58. The normalized spacial score (nSPS) is 16.6. The summed E-state index contributed by atoms with van der Waals surface area (Å²) in [5.74, 6) is 0.796. The number of nitrogens with zero attached hydrogens (tertiary/aromatic N) is 1. The molecule has 0 spiro atoms. The summed E-state index contributed by atoms with van der Waals surface area (Å²) in [6.07, 6.45) is 4.18. The molecule has 1 heterocycles. The molecule has 19 heavy (non-hydrogen) atoms. The van der Waals surface area contributed by atoms with Gasteiger partial charge in [-0.1, -0.05) is 6.92 Å². The van der Waals surface area contributed by atoms with Gasteiger partial charge in [0, 0.05) is 23.3 Å². The maximum atomic E-state index is 12.3. The molecule has 104 valence electrons. The van der Waals surface area contributed by atoms with E-state index in [1.807, 2.05) is 26.0 Å². The Morgan fingerprint density at radius 1 is 1.37 bits per heavy atom. The van der Waals surface area contributed by atoms with E-state index in [0.717, 1.165) is 37.3 Å². The summed E-state index contributed by atoms with van der Waals surface area (Å²) >= 11 is 0. The molecule has 4 heteroatoms. The number of hydrogen-bond donors (Lipinski definition) is 2. The van der Waals surface area contributed by atoms with Crippen molar-refractivity contribution in [2.75, 3.05) is 11.9 Å². The number of nitrogens with one attached hydrogen (secondary N) is 2. The van der Waals surface area contributed by atoms with Crippen molar-refractivity contribution in [2.24, 2.45) is 0 Å². The van der Waals surface area contributed by atoms with Gasteiger partial charge in [-0.25, -0.2) is 4.98 Å². The Balaban J connectivity index is 2.17. The zero-order chi connectivity index (χ0) is 13.9. The Morgan fingerprint density at radius 2 is 2.11 bits per heavy atom. The van der Waals surface area contributed by atoms with Gasteiger partial charge in [0.25, 0.3) is 5.91 Å². The number of aryl methyl sites for hydroxylation is 1. The van der Waals surface area contributed by atoms with Crippen molar-refractivity contribution in [3.8, 4) is 0 Å². The average Bonchev–Trinajstić information content (AvgIpc) is 2.36. The van der Waals surface area contributed by atoms with Crippen LogP contribution >= 0.6 is 0 Å². The van der Waals surface area contributed by atoms with E-state index in [4.69, 9.17) is 0 Å². The number of carbonyl (C=O) groups excluding carboxylic acids is 1. The van der Waals surface area contributed by atoms with Crippen LogP contribution in [0.4, 0.5) is 5.82 Å². The van der Waals surface area contributed by atoms with Crippen molar-refractivity contribution in [3.05, 3.63) is 23.4 Å². The van der Waals surface area contributed by atoms with Gasteiger partial charge in [-0.2, -0.15) is 0 Å². The third kappa shape index (κ3) is 3.25. The van der Waals surface area contributed by atoms with Gasteiger partial charge in [0.2, 0.25) is 0 Å². The number of rotatable bonds is 5. The van der Waals surface area contributed by atoms with Crippen LogP contribution < -0.4 is 10.6 Å². The van der Waals surface area contributed by atoms with E-state index in [0.29, 0.717) is 5.56 Å². The van der Waals surface area contributed by atoms with Crippen LogP contribution in [0.5, 0.6) is 0 Å². The van der Waals surface area contributed by atoms with Crippen LogP contribution in [0.3, 0.4) is 0 Å². The van der Waals surface area contributed by atoms with Crippen LogP contribution in [0, 0.1) is 0 Å². The minimum atomic E-state index is -0.00885. The first kappa shape index (κ1) is 13.8. The quantitative estimate of drug-likeness (QED) is 0.857. The third-order valence-electron chi connectivity index (χ3n) is 3.73. The molecule has 0 unspecified atom stereocenters. The van der Waals surface area contributed by atoms with Gasteiger partial charge in [0.15, 0.2) is 0 Å². The van der Waals surface area contributed by atoms with Crippen LogP contribution in [-0.2, 0) is 6.42 Å². The topological polar surface area (TPSA) is 54.0 Å². The molecule has 2 rings (SSSR count). The van der Waals surface area contributed by atoms with Gasteiger partial charge in [0.05, 0.1) is 0 Å². The van der Waals surface area contributed by atoms with E-state index in [1.165, 1.54) is 6.42 Å². The standard InChI is InChI=1S/C15H23N3O/c1-4-12-9-11(10-13(17-12)16-5-2)14(19)18-15(3)7-6-8-15/h9-10H,4-8H2,1-3H3,(H,16,17)(H,18,19). The lowest BCUT2D eigenvalue weighted by Gasteiger charge is -2.39. The smallest absolute Gasteiger partial charge is 0.251 e. The number of pyridine rings is 1. The fourth-order valence-corrected chi connectivity index (χ4v) is 2.35. The lowest BCUT2D eigenvalue weighted by atomic mass is 9.78. The maximum Gasteiger partial charge on any atom is 0.251 e. The van der Waals surface area contributed by atoms with Gasteiger partial charge in [-0.05, 0) is 51.7 Å². The van der Waals surface area contributed by atoms with Gasteiger partial charge >= 0.3 is 0 Å². The first-order chi connectivity index (χ1) is 9.06. The summed E-state index contributed by atoms with van der Waals surface area (Å²) < 4.78 is 0.